The van der Waals surface area contributed by atoms with Gasteiger partial charge in [0.15, 0.2) is 0 Å². The minimum Gasteiger partial charge on any atom is -0.334 e. The summed E-state index contributed by atoms with van der Waals surface area (Å²) in [6.07, 6.45) is 0. The van der Waals surface area contributed by atoms with Crippen LogP contribution >= 0.6 is 0 Å². The Morgan fingerprint density at radius 1 is 1.19 bits per heavy atom. The van der Waals surface area contributed by atoms with E-state index >= 15 is 0 Å². The number of fused-ring (bicyclic) bond motifs is 1. The maximum absolute atomic E-state index is 4.30. The number of nitrogens with one attached hydrogen (secondary N) is 1. The monoisotopic (exact) mass is 284 g/mol. The van der Waals surface area contributed by atoms with Crippen LogP contribution in [-0.2, 0) is 0 Å². The lowest BCUT2D eigenvalue weighted by Gasteiger charge is -2.35. The highest BCUT2D eigenvalue weighted by atomic mass is 15.6. The molecule has 4 rings (SSSR count). The van der Waals surface area contributed by atoms with E-state index in [9.17, 15) is 0 Å². The summed E-state index contributed by atoms with van der Waals surface area (Å²) in [6, 6.07) is 10.1. The van der Waals surface area contributed by atoms with Crippen LogP contribution in [0.4, 0.5) is 5.95 Å². The van der Waals surface area contributed by atoms with Gasteiger partial charge in [-0.05, 0) is 48.2 Å². The van der Waals surface area contributed by atoms with Crippen molar-refractivity contribution in [2.24, 2.45) is 11.8 Å². The summed E-state index contributed by atoms with van der Waals surface area (Å²) >= 11 is 0. The van der Waals surface area contributed by atoms with E-state index in [0.29, 0.717) is 11.8 Å². The summed E-state index contributed by atoms with van der Waals surface area (Å²) in [6.45, 7) is 7.79. The molecule has 0 bridgehead atoms. The predicted octanol–water partition coefficient (Wildman–Crippen LogP) is 1.10. The fraction of sp³-hybridized carbons (Fsp3) is 0.533. The van der Waals surface area contributed by atoms with Crippen LogP contribution in [0, 0.1) is 11.8 Å². The Labute approximate surface area is 124 Å². The number of aromatic nitrogens is 4. The fourth-order valence-electron chi connectivity index (χ4n) is 3.85. The SMILES string of the molecule is CC1(C)C2CNCC2CN1c1nnnn1-c1ccccc1. The number of para-hydroxylation sites is 1. The van der Waals surface area contributed by atoms with Gasteiger partial charge in [-0.25, -0.2) is 0 Å². The molecule has 2 saturated heterocycles. The Balaban J connectivity index is 1.74. The number of anilines is 1. The second-order valence-electron chi connectivity index (χ2n) is 6.52. The van der Waals surface area contributed by atoms with E-state index in [1.165, 1.54) is 0 Å². The van der Waals surface area contributed by atoms with Gasteiger partial charge in [-0.1, -0.05) is 23.3 Å². The Hall–Kier alpha value is -1.95. The second-order valence-corrected chi connectivity index (χ2v) is 6.52. The quantitative estimate of drug-likeness (QED) is 0.895. The topological polar surface area (TPSA) is 58.9 Å². The lowest BCUT2D eigenvalue weighted by molar-refractivity contribution is 0.354. The molecule has 1 N–H and O–H groups in total. The van der Waals surface area contributed by atoms with E-state index in [-0.39, 0.29) is 5.54 Å². The van der Waals surface area contributed by atoms with Crippen molar-refractivity contribution in [1.29, 1.82) is 0 Å². The highest BCUT2D eigenvalue weighted by molar-refractivity contribution is 5.45. The summed E-state index contributed by atoms with van der Waals surface area (Å²) in [5, 5.41) is 15.9. The first-order valence-electron chi connectivity index (χ1n) is 7.50. The molecule has 3 heterocycles. The van der Waals surface area contributed by atoms with Crippen LogP contribution in [0.25, 0.3) is 5.69 Å². The Kier molecular flexibility index (Phi) is 2.75. The molecule has 6 heteroatoms. The zero-order valence-corrected chi connectivity index (χ0v) is 12.4. The van der Waals surface area contributed by atoms with Crippen molar-refractivity contribution in [3.8, 4) is 5.69 Å². The van der Waals surface area contributed by atoms with Gasteiger partial charge in [0.1, 0.15) is 0 Å². The number of tetrazole rings is 1. The van der Waals surface area contributed by atoms with Crippen molar-refractivity contribution >= 4 is 5.95 Å². The summed E-state index contributed by atoms with van der Waals surface area (Å²) in [5.74, 6) is 2.18. The molecule has 2 aromatic rings. The van der Waals surface area contributed by atoms with Gasteiger partial charge in [0.2, 0.25) is 0 Å². The smallest absolute Gasteiger partial charge is 0.250 e. The summed E-state index contributed by atoms with van der Waals surface area (Å²) in [4.78, 5) is 2.37. The average Bonchev–Trinajstić information content (AvgIpc) is 3.17. The van der Waals surface area contributed by atoms with Gasteiger partial charge in [-0.3, -0.25) is 0 Å². The van der Waals surface area contributed by atoms with E-state index < -0.39 is 0 Å². The third-order valence-corrected chi connectivity index (χ3v) is 5.06. The molecular weight excluding hydrogens is 264 g/mol. The first kappa shape index (κ1) is 12.8. The molecule has 1 aromatic heterocycles. The summed E-state index contributed by atoms with van der Waals surface area (Å²) in [5.41, 5.74) is 1.07. The number of rotatable bonds is 2. The zero-order valence-electron chi connectivity index (χ0n) is 12.4. The van der Waals surface area contributed by atoms with Gasteiger partial charge < -0.3 is 10.2 Å². The molecule has 21 heavy (non-hydrogen) atoms. The van der Waals surface area contributed by atoms with Crippen LogP contribution < -0.4 is 10.2 Å². The molecule has 0 saturated carbocycles. The summed E-state index contributed by atoms with van der Waals surface area (Å²) in [7, 11) is 0. The van der Waals surface area contributed by atoms with Crippen molar-refractivity contribution in [3.05, 3.63) is 30.3 Å². The standard InChI is InChI=1S/C15H20N6/c1-15(2)13-9-16-8-11(13)10-20(15)14-17-18-19-21(14)12-6-4-3-5-7-12/h3-7,11,13,16H,8-10H2,1-2H3. The zero-order chi connectivity index (χ0) is 14.4. The first-order valence-corrected chi connectivity index (χ1v) is 7.50. The molecule has 110 valence electrons. The molecular formula is C15H20N6. The fourth-order valence-corrected chi connectivity index (χ4v) is 3.85. The van der Waals surface area contributed by atoms with Gasteiger partial charge in [0, 0.05) is 25.2 Å². The molecule has 2 fully saturated rings. The van der Waals surface area contributed by atoms with Crippen LogP contribution in [0.15, 0.2) is 30.3 Å². The molecule has 1 aromatic carbocycles. The van der Waals surface area contributed by atoms with Crippen LogP contribution in [-0.4, -0.2) is 45.4 Å². The molecule has 0 amide bonds. The Bertz CT molecular complexity index is 635. The molecule has 2 atom stereocenters. The van der Waals surface area contributed by atoms with E-state index in [4.69, 9.17) is 0 Å². The van der Waals surface area contributed by atoms with Crippen LogP contribution in [0.2, 0.25) is 0 Å². The first-order chi connectivity index (χ1) is 10.2. The van der Waals surface area contributed by atoms with Crippen LogP contribution in [0.3, 0.4) is 0 Å². The minimum atomic E-state index is 0.0649. The summed E-state index contributed by atoms with van der Waals surface area (Å²) < 4.78 is 1.84. The number of benzene rings is 1. The van der Waals surface area contributed by atoms with Gasteiger partial charge in [-0.15, -0.1) is 0 Å². The van der Waals surface area contributed by atoms with Gasteiger partial charge >= 0.3 is 0 Å². The van der Waals surface area contributed by atoms with Crippen LogP contribution in [0.5, 0.6) is 0 Å². The molecule has 2 unspecified atom stereocenters. The molecule has 6 nitrogen and oxygen atoms in total. The predicted molar refractivity (Wildman–Crippen MR) is 80.4 cm³/mol. The minimum absolute atomic E-state index is 0.0649. The number of nitrogens with zero attached hydrogens (tertiary/aromatic N) is 5. The highest BCUT2D eigenvalue weighted by Gasteiger charge is 2.51. The van der Waals surface area contributed by atoms with E-state index in [1.54, 1.807) is 0 Å². The molecule has 2 aliphatic heterocycles. The molecule has 2 aliphatic rings. The van der Waals surface area contributed by atoms with Gasteiger partial charge in [0.05, 0.1) is 5.69 Å². The average molecular weight is 284 g/mol. The van der Waals surface area contributed by atoms with Crippen molar-refractivity contribution in [1.82, 2.24) is 25.5 Å². The van der Waals surface area contributed by atoms with Crippen molar-refractivity contribution in [2.45, 2.75) is 19.4 Å². The highest BCUT2D eigenvalue weighted by Crippen LogP contribution is 2.42. The Morgan fingerprint density at radius 2 is 2.00 bits per heavy atom. The van der Waals surface area contributed by atoms with Crippen molar-refractivity contribution in [3.63, 3.8) is 0 Å². The van der Waals surface area contributed by atoms with Crippen molar-refractivity contribution in [2.75, 3.05) is 24.5 Å². The van der Waals surface area contributed by atoms with Crippen molar-refractivity contribution < 1.29 is 0 Å². The maximum Gasteiger partial charge on any atom is 0.250 e. The number of hydrogen-bond donors (Lipinski definition) is 1. The normalized spacial score (nSPS) is 27.0. The van der Waals surface area contributed by atoms with E-state index in [2.05, 4.69) is 39.6 Å². The van der Waals surface area contributed by atoms with Gasteiger partial charge in [0.25, 0.3) is 5.95 Å². The third-order valence-electron chi connectivity index (χ3n) is 5.06. The third kappa shape index (κ3) is 1.86. The maximum atomic E-state index is 4.30. The van der Waals surface area contributed by atoms with Crippen LogP contribution in [0.1, 0.15) is 13.8 Å². The lowest BCUT2D eigenvalue weighted by atomic mass is 9.85. The second kappa shape index (κ2) is 4.53. The lowest BCUT2D eigenvalue weighted by Crippen LogP contribution is -2.45. The van der Waals surface area contributed by atoms with Gasteiger partial charge in [-0.2, -0.15) is 4.68 Å². The largest absolute Gasteiger partial charge is 0.334 e. The van der Waals surface area contributed by atoms with E-state index in [0.717, 1.165) is 31.3 Å². The molecule has 0 spiro atoms. The molecule has 0 aliphatic carbocycles. The molecule has 0 radical (unpaired) electrons. The van der Waals surface area contributed by atoms with E-state index in [1.807, 2.05) is 35.0 Å². The number of hydrogen-bond acceptors (Lipinski definition) is 5. The Morgan fingerprint density at radius 3 is 2.76 bits per heavy atom.